The number of nitrogens with zero attached hydrogens (tertiary/aromatic N) is 4. The van der Waals surface area contributed by atoms with Crippen LogP contribution < -0.4 is 15.5 Å². The summed E-state index contributed by atoms with van der Waals surface area (Å²) in [5, 5.41) is 17.0. The Hall–Kier alpha value is -2.66. The van der Waals surface area contributed by atoms with Crippen LogP contribution in [0.2, 0.25) is 0 Å². The average molecular weight is 469 g/mol. The van der Waals surface area contributed by atoms with E-state index in [0.717, 1.165) is 31.6 Å². The van der Waals surface area contributed by atoms with Gasteiger partial charge in [-0.1, -0.05) is 12.1 Å². The summed E-state index contributed by atoms with van der Waals surface area (Å²) in [5.74, 6) is 1.83. The number of piperidine rings is 1. The van der Waals surface area contributed by atoms with E-state index < -0.39 is 15.4 Å². The Kier molecular flexibility index (Phi) is 6.00. The highest BCUT2D eigenvalue weighted by Crippen LogP contribution is 2.31. The van der Waals surface area contributed by atoms with Gasteiger partial charge < -0.3 is 25.1 Å². The molecule has 2 saturated heterocycles. The first kappa shape index (κ1) is 22.1. The number of fused-ring (bicyclic) bond motifs is 1. The molecule has 0 saturated carbocycles. The fraction of sp³-hybridized carbons (Fsp3) is 0.435. The van der Waals surface area contributed by atoms with E-state index in [9.17, 15) is 14.2 Å². The highest BCUT2D eigenvalue weighted by atomic mass is 32.2. The molecule has 0 bridgehead atoms. The van der Waals surface area contributed by atoms with Crippen molar-refractivity contribution in [2.24, 2.45) is 0 Å². The van der Waals surface area contributed by atoms with Gasteiger partial charge in [0.2, 0.25) is 5.82 Å². The van der Waals surface area contributed by atoms with E-state index in [4.69, 9.17) is 0 Å². The zero-order valence-corrected chi connectivity index (χ0v) is 19.4. The van der Waals surface area contributed by atoms with Crippen molar-refractivity contribution >= 4 is 39.0 Å². The Balaban J connectivity index is 1.47. The molecular weight excluding hydrogens is 440 g/mol. The smallest absolute Gasteiger partial charge is 0.262 e. The van der Waals surface area contributed by atoms with E-state index in [1.54, 1.807) is 6.07 Å². The predicted molar refractivity (Wildman–Crippen MR) is 132 cm³/mol. The normalized spacial score (nSPS) is 24.7. The molecule has 2 aromatic heterocycles. The van der Waals surface area contributed by atoms with Crippen LogP contribution in [-0.2, 0) is 10.8 Å². The second-order valence-corrected chi connectivity index (χ2v) is 10.7. The lowest BCUT2D eigenvalue weighted by atomic mass is 9.89. The third kappa shape index (κ3) is 4.56. The molecule has 0 radical (unpaired) electrons. The zero-order chi connectivity index (χ0) is 23.0. The molecule has 9 nitrogen and oxygen atoms in total. The van der Waals surface area contributed by atoms with E-state index >= 15 is 0 Å². The van der Waals surface area contributed by atoms with Crippen molar-refractivity contribution in [3.8, 4) is 0 Å². The number of quaternary nitrogens is 1. The number of hydrogen-bond donors (Lipinski definition) is 2. The maximum Gasteiger partial charge on any atom is 0.262 e. The number of nitrogens with one attached hydrogen (secondary N) is 2. The number of pyridine rings is 1. The highest BCUT2D eigenvalue weighted by molar-refractivity contribution is 7.85. The molecule has 4 heterocycles. The van der Waals surface area contributed by atoms with Gasteiger partial charge >= 0.3 is 0 Å². The standard InChI is InChI=1S/C23H28N6O3S/c1-28-8-6-17(7-9-28)16-2-4-18(5-3-16)26-22-21-19(24-15-25-23(21)30)14-20(27-22)29(31)10-12-33(32)13-11-29/h2-5,14-15,17H,6-13H2,1H3,(H,26,27)(H,24,25,30). The maximum atomic E-state index is 13.4. The van der Waals surface area contributed by atoms with E-state index in [0.29, 0.717) is 34.1 Å². The summed E-state index contributed by atoms with van der Waals surface area (Å²) in [6.45, 7) is 2.59. The van der Waals surface area contributed by atoms with E-state index in [1.165, 1.54) is 11.9 Å². The van der Waals surface area contributed by atoms with Crippen LogP contribution in [0.25, 0.3) is 10.9 Å². The number of hydrogen-bond acceptors (Lipinski definition) is 7. The van der Waals surface area contributed by atoms with Gasteiger partial charge in [0.05, 0.1) is 36.4 Å². The second kappa shape index (κ2) is 8.94. The molecule has 2 fully saturated rings. The van der Waals surface area contributed by atoms with Gasteiger partial charge in [-0.25, -0.2) is 4.98 Å². The summed E-state index contributed by atoms with van der Waals surface area (Å²) in [4.78, 5) is 26.4. The number of aromatic amines is 1. The largest absolute Gasteiger partial charge is 0.626 e. The topological polar surface area (TPSA) is 114 Å². The first-order chi connectivity index (χ1) is 15.9. The van der Waals surface area contributed by atoms with Crippen LogP contribution in [0.15, 0.2) is 41.5 Å². The third-order valence-electron chi connectivity index (χ3n) is 6.75. The van der Waals surface area contributed by atoms with Crippen LogP contribution in [0, 0.1) is 5.21 Å². The first-order valence-corrected chi connectivity index (χ1v) is 12.8. The van der Waals surface area contributed by atoms with Gasteiger partial charge in [-0.15, -0.1) is 0 Å². The molecule has 5 rings (SSSR count). The zero-order valence-electron chi connectivity index (χ0n) is 18.6. The molecule has 0 spiro atoms. The first-order valence-electron chi connectivity index (χ1n) is 11.3. The minimum Gasteiger partial charge on any atom is -0.626 e. The lowest BCUT2D eigenvalue weighted by Crippen LogP contribution is -2.52. The van der Waals surface area contributed by atoms with E-state index in [1.807, 2.05) is 12.1 Å². The summed E-state index contributed by atoms with van der Waals surface area (Å²) in [6, 6.07) is 9.80. The van der Waals surface area contributed by atoms with Crippen molar-refractivity contribution in [1.82, 2.24) is 24.5 Å². The molecule has 2 aliphatic heterocycles. The SMILES string of the molecule is CN1CCC(c2ccc(Nc3nc([N+]4([O-])CCS(=O)CC4)cc4nc[nH]c(=O)c34)cc2)CC1. The summed E-state index contributed by atoms with van der Waals surface area (Å²) < 4.78 is 11.1. The molecule has 0 unspecified atom stereocenters. The molecule has 0 amide bonds. The average Bonchev–Trinajstić information content (AvgIpc) is 2.82. The van der Waals surface area contributed by atoms with Gasteiger partial charge in [0.25, 0.3) is 5.56 Å². The van der Waals surface area contributed by atoms with E-state index in [-0.39, 0.29) is 24.5 Å². The Labute approximate surface area is 194 Å². The maximum absolute atomic E-state index is 13.4. The Morgan fingerprint density at radius 1 is 1.18 bits per heavy atom. The minimum absolute atomic E-state index is 0.193. The fourth-order valence-corrected chi connectivity index (χ4v) is 5.84. The minimum atomic E-state index is -0.967. The molecule has 1 aromatic carbocycles. The number of rotatable bonds is 4. The Morgan fingerprint density at radius 3 is 2.58 bits per heavy atom. The van der Waals surface area contributed by atoms with Gasteiger partial charge in [0.15, 0.2) is 5.82 Å². The number of anilines is 2. The summed E-state index contributed by atoms with van der Waals surface area (Å²) in [7, 11) is 1.19. The van der Waals surface area contributed by atoms with Crippen LogP contribution in [0.1, 0.15) is 24.3 Å². The molecule has 2 aliphatic rings. The molecule has 10 heteroatoms. The molecule has 0 atom stereocenters. The van der Waals surface area contributed by atoms with Crippen molar-refractivity contribution in [2.75, 3.05) is 50.0 Å². The van der Waals surface area contributed by atoms with E-state index in [2.05, 4.69) is 44.3 Å². The Bertz CT molecular complexity index is 1230. The lowest BCUT2D eigenvalue weighted by Gasteiger charge is -2.43. The highest BCUT2D eigenvalue weighted by Gasteiger charge is 2.30. The number of likely N-dealkylation sites (tertiary alicyclic amines) is 1. The number of benzene rings is 1. The molecule has 33 heavy (non-hydrogen) atoms. The van der Waals surface area contributed by atoms with Crippen molar-refractivity contribution in [1.29, 1.82) is 0 Å². The molecule has 0 aliphatic carbocycles. The summed E-state index contributed by atoms with van der Waals surface area (Å²) in [6.07, 6.45) is 3.62. The van der Waals surface area contributed by atoms with Gasteiger partial charge in [-0.05, 0) is 56.6 Å². The van der Waals surface area contributed by atoms with Gasteiger partial charge in [0, 0.05) is 22.6 Å². The summed E-state index contributed by atoms with van der Waals surface area (Å²) >= 11 is 0. The fourth-order valence-electron chi connectivity index (χ4n) is 4.63. The molecular formula is C23H28N6O3S. The predicted octanol–water partition coefficient (Wildman–Crippen LogP) is 2.44. The van der Waals surface area contributed by atoms with Crippen LogP contribution in [0.4, 0.5) is 17.3 Å². The van der Waals surface area contributed by atoms with Crippen LogP contribution in [0.5, 0.6) is 0 Å². The van der Waals surface area contributed by atoms with Crippen molar-refractivity contribution in [3.63, 3.8) is 0 Å². The second-order valence-electron chi connectivity index (χ2n) is 8.96. The number of hydroxylamine groups is 2. The number of aromatic nitrogens is 3. The quantitative estimate of drug-likeness (QED) is 0.446. The molecule has 3 aromatic rings. The third-order valence-corrected chi connectivity index (χ3v) is 8.03. The molecule has 174 valence electrons. The summed E-state index contributed by atoms with van der Waals surface area (Å²) in [5.41, 5.74) is 2.19. The van der Waals surface area contributed by atoms with Crippen LogP contribution in [0.3, 0.4) is 0 Å². The Morgan fingerprint density at radius 2 is 1.88 bits per heavy atom. The van der Waals surface area contributed by atoms with Crippen molar-refractivity contribution in [2.45, 2.75) is 18.8 Å². The van der Waals surface area contributed by atoms with Gasteiger partial charge in [-0.3, -0.25) is 9.00 Å². The monoisotopic (exact) mass is 468 g/mol. The van der Waals surface area contributed by atoms with Crippen LogP contribution in [-0.4, -0.2) is 68.8 Å². The van der Waals surface area contributed by atoms with Crippen LogP contribution >= 0.6 is 0 Å². The number of H-pyrrole nitrogens is 1. The lowest BCUT2D eigenvalue weighted by molar-refractivity contribution is 0.255. The van der Waals surface area contributed by atoms with Gasteiger partial charge in [0.1, 0.15) is 5.39 Å². The molecule has 2 N–H and O–H groups in total. The van der Waals surface area contributed by atoms with Gasteiger partial charge in [-0.2, -0.15) is 4.98 Å². The van der Waals surface area contributed by atoms with Crippen molar-refractivity contribution in [3.05, 3.63) is 57.8 Å². The van der Waals surface area contributed by atoms with Crippen molar-refractivity contribution < 1.29 is 4.21 Å².